The lowest BCUT2D eigenvalue weighted by Gasteiger charge is -2.34. The number of halogens is 1. The van der Waals surface area contributed by atoms with E-state index in [0.29, 0.717) is 11.5 Å². The third kappa shape index (κ3) is 5.64. The molecular weight excluding hydrogens is 412 g/mol. The minimum Gasteiger partial charge on any atom is -0.478 e. The molecule has 0 radical (unpaired) electrons. The van der Waals surface area contributed by atoms with Crippen molar-refractivity contribution in [1.29, 1.82) is 0 Å². The SMILES string of the molecule is NC=O.O=C(O)c1ccc(N2CCC(c3ccccc3-c3ccc(Cl)cc3)CC2)cc1. The van der Waals surface area contributed by atoms with Crippen LogP contribution in [0.5, 0.6) is 0 Å². The van der Waals surface area contributed by atoms with Crippen LogP contribution in [0.2, 0.25) is 5.02 Å². The second-order valence-corrected chi connectivity index (χ2v) is 7.78. The first-order chi connectivity index (χ1) is 15.0. The predicted molar refractivity (Wildman–Crippen MR) is 125 cm³/mol. The predicted octanol–water partition coefficient (Wildman–Crippen LogP) is 5.19. The van der Waals surface area contributed by atoms with Gasteiger partial charge in [-0.1, -0.05) is 48.0 Å². The van der Waals surface area contributed by atoms with Crippen LogP contribution in [-0.2, 0) is 4.79 Å². The molecular formula is C25H25ClN2O3. The molecule has 1 aliphatic heterocycles. The number of nitrogens with two attached hydrogens (primary N) is 1. The molecule has 6 heteroatoms. The van der Waals surface area contributed by atoms with Gasteiger partial charge in [0, 0.05) is 23.8 Å². The van der Waals surface area contributed by atoms with Crippen molar-refractivity contribution >= 4 is 29.7 Å². The highest BCUT2D eigenvalue weighted by atomic mass is 35.5. The Balaban J connectivity index is 0.000000858. The molecule has 1 fully saturated rings. The van der Waals surface area contributed by atoms with Crippen molar-refractivity contribution in [3.8, 4) is 11.1 Å². The summed E-state index contributed by atoms with van der Waals surface area (Å²) in [7, 11) is 0. The number of amides is 1. The molecule has 1 amide bonds. The van der Waals surface area contributed by atoms with Gasteiger partial charge in [-0.15, -0.1) is 0 Å². The van der Waals surface area contributed by atoms with Gasteiger partial charge in [0.1, 0.15) is 0 Å². The lowest BCUT2D eigenvalue weighted by molar-refractivity contribution is -0.106. The van der Waals surface area contributed by atoms with E-state index in [2.05, 4.69) is 47.0 Å². The molecule has 3 N–H and O–H groups in total. The zero-order valence-electron chi connectivity index (χ0n) is 17.1. The molecule has 0 aromatic heterocycles. The smallest absolute Gasteiger partial charge is 0.335 e. The van der Waals surface area contributed by atoms with Gasteiger partial charge in [-0.3, -0.25) is 4.79 Å². The van der Waals surface area contributed by atoms with Crippen LogP contribution in [0.15, 0.2) is 72.8 Å². The summed E-state index contributed by atoms with van der Waals surface area (Å²) in [6.45, 7) is 1.93. The number of piperidine rings is 1. The second kappa shape index (κ2) is 10.6. The fraction of sp³-hybridized carbons (Fsp3) is 0.200. The van der Waals surface area contributed by atoms with Gasteiger partial charge >= 0.3 is 5.97 Å². The van der Waals surface area contributed by atoms with Crippen LogP contribution < -0.4 is 10.6 Å². The Bertz CT molecular complexity index is 1010. The number of hydrogen-bond donors (Lipinski definition) is 2. The van der Waals surface area contributed by atoms with Crippen LogP contribution in [0.4, 0.5) is 5.69 Å². The van der Waals surface area contributed by atoms with E-state index in [-0.39, 0.29) is 6.41 Å². The summed E-state index contributed by atoms with van der Waals surface area (Å²) in [5.74, 6) is -0.370. The Kier molecular flexibility index (Phi) is 7.68. The van der Waals surface area contributed by atoms with Crippen molar-refractivity contribution in [3.05, 3.63) is 88.9 Å². The minimum absolute atomic E-state index is 0.250. The van der Waals surface area contributed by atoms with E-state index in [1.165, 1.54) is 16.7 Å². The van der Waals surface area contributed by atoms with E-state index in [0.717, 1.165) is 36.6 Å². The summed E-state index contributed by atoms with van der Waals surface area (Å²) >= 11 is 6.05. The van der Waals surface area contributed by atoms with Crippen LogP contribution in [-0.4, -0.2) is 30.6 Å². The average molecular weight is 437 g/mol. The number of primary amides is 1. The van der Waals surface area contributed by atoms with E-state index in [9.17, 15) is 4.79 Å². The van der Waals surface area contributed by atoms with Crippen LogP contribution in [0.3, 0.4) is 0 Å². The summed E-state index contributed by atoms with van der Waals surface area (Å²) in [5.41, 5.74) is 9.46. The summed E-state index contributed by atoms with van der Waals surface area (Å²) in [5, 5.41) is 9.81. The highest BCUT2D eigenvalue weighted by Gasteiger charge is 2.23. The monoisotopic (exact) mass is 436 g/mol. The summed E-state index contributed by atoms with van der Waals surface area (Å²) < 4.78 is 0. The fourth-order valence-electron chi connectivity index (χ4n) is 4.01. The van der Waals surface area contributed by atoms with Crippen molar-refractivity contribution in [2.45, 2.75) is 18.8 Å². The topological polar surface area (TPSA) is 83.6 Å². The molecule has 0 unspecified atom stereocenters. The van der Waals surface area contributed by atoms with Gasteiger partial charge in [0.25, 0.3) is 0 Å². The molecule has 3 aromatic carbocycles. The van der Waals surface area contributed by atoms with Crippen molar-refractivity contribution in [3.63, 3.8) is 0 Å². The van der Waals surface area contributed by atoms with Crippen molar-refractivity contribution in [2.75, 3.05) is 18.0 Å². The van der Waals surface area contributed by atoms with Crippen LogP contribution in [0.1, 0.15) is 34.7 Å². The number of benzene rings is 3. The van der Waals surface area contributed by atoms with Gasteiger partial charge < -0.3 is 15.7 Å². The van der Waals surface area contributed by atoms with Gasteiger partial charge in [-0.05, 0) is 71.8 Å². The Morgan fingerprint density at radius 1 is 0.968 bits per heavy atom. The quantitative estimate of drug-likeness (QED) is 0.551. The highest BCUT2D eigenvalue weighted by Crippen LogP contribution is 2.36. The van der Waals surface area contributed by atoms with E-state index >= 15 is 0 Å². The number of aromatic carboxylic acids is 1. The number of hydrogen-bond acceptors (Lipinski definition) is 3. The lowest BCUT2D eigenvalue weighted by Crippen LogP contribution is -2.33. The molecule has 1 aliphatic rings. The van der Waals surface area contributed by atoms with Crippen LogP contribution in [0.25, 0.3) is 11.1 Å². The van der Waals surface area contributed by atoms with Crippen molar-refractivity contribution in [2.24, 2.45) is 5.73 Å². The molecule has 0 bridgehead atoms. The summed E-state index contributed by atoms with van der Waals surface area (Å²) in [6.07, 6.45) is 2.40. The Morgan fingerprint density at radius 3 is 2.13 bits per heavy atom. The summed E-state index contributed by atoms with van der Waals surface area (Å²) in [4.78, 5) is 22.0. The number of carboxylic acids is 1. The standard InChI is InChI=1S/C24H22ClNO2.CH3NO/c25-20-9-5-17(6-10-20)22-3-1-2-4-23(22)18-13-15-26(16-14-18)21-11-7-19(8-12-21)24(27)28;2-1-3/h1-12,18H,13-16H2,(H,27,28);1H,(H2,2,3). The van der Waals surface area contributed by atoms with E-state index in [4.69, 9.17) is 21.5 Å². The van der Waals surface area contributed by atoms with Crippen molar-refractivity contribution in [1.82, 2.24) is 0 Å². The molecule has 0 atom stereocenters. The maximum Gasteiger partial charge on any atom is 0.335 e. The molecule has 5 nitrogen and oxygen atoms in total. The first-order valence-corrected chi connectivity index (χ1v) is 10.5. The molecule has 0 aliphatic carbocycles. The number of anilines is 1. The fourth-order valence-corrected chi connectivity index (χ4v) is 4.13. The Labute approximate surface area is 187 Å². The third-order valence-electron chi connectivity index (χ3n) is 5.53. The third-order valence-corrected chi connectivity index (χ3v) is 5.78. The second-order valence-electron chi connectivity index (χ2n) is 7.34. The zero-order chi connectivity index (χ0) is 22.2. The van der Waals surface area contributed by atoms with Gasteiger partial charge in [-0.25, -0.2) is 4.79 Å². The molecule has 1 heterocycles. The largest absolute Gasteiger partial charge is 0.478 e. The zero-order valence-corrected chi connectivity index (χ0v) is 17.8. The summed E-state index contributed by atoms with van der Waals surface area (Å²) in [6, 6.07) is 23.9. The molecule has 4 rings (SSSR count). The van der Waals surface area contributed by atoms with Crippen LogP contribution >= 0.6 is 11.6 Å². The molecule has 3 aromatic rings. The van der Waals surface area contributed by atoms with Gasteiger partial charge in [0.2, 0.25) is 6.41 Å². The first-order valence-electron chi connectivity index (χ1n) is 10.1. The Hall–Kier alpha value is -3.31. The maximum atomic E-state index is 11.0. The van der Waals surface area contributed by atoms with Gasteiger partial charge in [0.05, 0.1) is 5.56 Å². The Morgan fingerprint density at radius 2 is 1.55 bits per heavy atom. The van der Waals surface area contributed by atoms with E-state index in [1.54, 1.807) is 12.1 Å². The van der Waals surface area contributed by atoms with Gasteiger partial charge in [-0.2, -0.15) is 0 Å². The normalized spacial score (nSPS) is 13.8. The minimum atomic E-state index is -0.885. The number of carbonyl (C=O) groups excluding carboxylic acids is 1. The number of nitrogens with zero attached hydrogens (tertiary/aromatic N) is 1. The first kappa shape index (κ1) is 22.4. The molecule has 0 spiro atoms. The van der Waals surface area contributed by atoms with Crippen molar-refractivity contribution < 1.29 is 14.7 Å². The molecule has 1 saturated heterocycles. The van der Waals surface area contributed by atoms with E-state index in [1.807, 2.05) is 24.3 Å². The maximum absolute atomic E-state index is 11.0. The molecule has 31 heavy (non-hydrogen) atoms. The number of carbonyl (C=O) groups is 2. The number of carboxylic acid groups (broad SMARTS) is 1. The average Bonchev–Trinajstić information content (AvgIpc) is 2.80. The van der Waals surface area contributed by atoms with Crippen LogP contribution in [0, 0.1) is 0 Å². The molecule has 0 saturated carbocycles. The highest BCUT2D eigenvalue weighted by molar-refractivity contribution is 6.30. The number of rotatable bonds is 4. The lowest BCUT2D eigenvalue weighted by atomic mass is 9.84. The van der Waals surface area contributed by atoms with E-state index < -0.39 is 5.97 Å². The van der Waals surface area contributed by atoms with Gasteiger partial charge in [0.15, 0.2) is 0 Å². The molecule has 160 valence electrons.